The van der Waals surface area contributed by atoms with Gasteiger partial charge in [-0.3, -0.25) is 4.99 Å². The maximum Gasteiger partial charge on any atom is 0.193 e. The molecule has 3 rings (SSSR count). The number of guanidine groups is 1. The van der Waals surface area contributed by atoms with E-state index in [0.29, 0.717) is 0 Å². The molecule has 0 atom stereocenters. The Bertz CT molecular complexity index is 489. The zero-order chi connectivity index (χ0) is 14.0. The Morgan fingerprint density at radius 3 is 2.55 bits per heavy atom. The molecular formula is C16H22ClN3. The molecule has 0 amide bonds. The van der Waals surface area contributed by atoms with Crippen molar-refractivity contribution in [2.45, 2.75) is 31.1 Å². The van der Waals surface area contributed by atoms with Gasteiger partial charge in [-0.1, -0.05) is 36.6 Å². The SMILES string of the molecule is CN1CCN=C1NCC1(c2ccc(Cl)cc2)CCCC1. The van der Waals surface area contributed by atoms with E-state index in [2.05, 4.69) is 34.4 Å². The van der Waals surface area contributed by atoms with Crippen molar-refractivity contribution >= 4 is 17.6 Å². The van der Waals surface area contributed by atoms with Crippen molar-refractivity contribution in [3.8, 4) is 0 Å². The van der Waals surface area contributed by atoms with Gasteiger partial charge in [-0.2, -0.15) is 0 Å². The monoisotopic (exact) mass is 291 g/mol. The van der Waals surface area contributed by atoms with Gasteiger partial charge in [0.05, 0.1) is 6.54 Å². The summed E-state index contributed by atoms with van der Waals surface area (Å²) in [6.07, 6.45) is 5.12. The summed E-state index contributed by atoms with van der Waals surface area (Å²) in [7, 11) is 2.10. The van der Waals surface area contributed by atoms with Crippen LogP contribution in [0.25, 0.3) is 0 Å². The fourth-order valence-corrected chi connectivity index (χ4v) is 3.52. The molecule has 0 unspecified atom stereocenters. The van der Waals surface area contributed by atoms with Gasteiger partial charge in [0, 0.05) is 30.6 Å². The fraction of sp³-hybridized carbons (Fsp3) is 0.562. The molecule has 1 aliphatic heterocycles. The van der Waals surface area contributed by atoms with E-state index >= 15 is 0 Å². The van der Waals surface area contributed by atoms with Crippen LogP contribution in [0.4, 0.5) is 0 Å². The summed E-state index contributed by atoms with van der Waals surface area (Å²) in [5, 5.41) is 4.38. The lowest BCUT2D eigenvalue weighted by molar-refractivity contribution is 0.422. The highest BCUT2D eigenvalue weighted by Crippen LogP contribution is 2.40. The Morgan fingerprint density at radius 1 is 1.25 bits per heavy atom. The third-order valence-corrected chi connectivity index (χ3v) is 4.91. The van der Waals surface area contributed by atoms with Crippen LogP contribution in [0.5, 0.6) is 0 Å². The molecule has 20 heavy (non-hydrogen) atoms. The van der Waals surface area contributed by atoms with E-state index < -0.39 is 0 Å². The Morgan fingerprint density at radius 2 is 1.95 bits per heavy atom. The van der Waals surface area contributed by atoms with Gasteiger partial charge in [-0.25, -0.2) is 0 Å². The molecule has 3 nitrogen and oxygen atoms in total. The normalized spacial score (nSPS) is 21.1. The Hall–Kier alpha value is -1.22. The lowest BCUT2D eigenvalue weighted by Crippen LogP contribution is -2.43. The van der Waals surface area contributed by atoms with Gasteiger partial charge in [0.1, 0.15) is 0 Å². The lowest BCUT2D eigenvalue weighted by Gasteiger charge is -2.31. The number of aliphatic imine (C=N–C) groups is 1. The molecule has 1 saturated carbocycles. The summed E-state index contributed by atoms with van der Waals surface area (Å²) < 4.78 is 0. The third-order valence-electron chi connectivity index (χ3n) is 4.66. The van der Waals surface area contributed by atoms with Crippen molar-refractivity contribution in [2.24, 2.45) is 4.99 Å². The van der Waals surface area contributed by atoms with E-state index in [1.165, 1.54) is 31.2 Å². The molecule has 1 heterocycles. The van der Waals surface area contributed by atoms with Crippen molar-refractivity contribution in [2.75, 3.05) is 26.7 Å². The molecule has 1 aliphatic carbocycles. The summed E-state index contributed by atoms with van der Waals surface area (Å²) in [4.78, 5) is 6.73. The van der Waals surface area contributed by atoms with Crippen LogP contribution in [0.3, 0.4) is 0 Å². The molecule has 0 aromatic heterocycles. The van der Waals surface area contributed by atoms with Gasteiger partial charge < -0.3 is 10.2 Å². The first-order chi connectivity index (χ1) is 9.70. The topological polar surface area (TPSA) is 27.6 Å². The zero-order valence-corrected chi connectivity index (χ0v) is 12.8. The largest absolute Gasteiger partial charge is 0.355 e. The van der Waals surface area contributed by atoms with E-state index in [1.54, 1.807) is 0 Å². The van der Waals surface area contributed by atoms with E-state index in [0.717, 1.165) is 30.6 Å². The van der Waals surface area contributed by atoms with E-state index in [1.807, 2.05) is 12.1 Å². The second kappa shape index (κ2) is 5.65. The highest BCUT2D eigenvalue weighted by atomic mass is 35.5. The fourth-order valence-electron chi connectivity index (χ4n) is 3.39. The van der Waals surface area contributed by atoms with Crippen molar-refractivity contribution in [1.29, 1.82) is 0 Å². The molecule has 108 valence electrons. The number of likely N-dealkylation sites (N-methyl/N-ethyl adjacent to an activating group) is 1. The van der Waals surface area contributed by atoms with Crippen LogP contribution in [0.1, 0.15) is 31.2 Å². The maximum absolute atomic E-state index is 6.02. The Balaban J connectivity index is 1.76. The van der Waals surface area contributed by atoms with Crippen LogP contribution in [0.15, 0.2) is 29.3 Å². The highest BCUT2D eigenvalue weighted by molar-refractivity contribution is 6.30. The molecule has 4 heteroatoms. The number of rotatable bonds is 3. The molecule has 1 aromatic rings. The quantitative estimate of drug-likeness (QED) is 0.927. The number of nitrogens with one attached hydrogen (secondary N) is 1. The molecule has 1 N–H and O–H groups in total. The Labute approximate surface area is 126 Å². The van der Waals surface area contributed by atoms with Gasteiger partial charge in [-0.05, 0) is 30.5 Å². The highest BCUT2D eigenvalue weighted by Gasteiger charge is 2.36. The molecule has 0 radical (unpaired) electrons. The maximum atomic E-state index is 6.02. The summed E-state index contributed by atoms with van der Waals surface area (Å²) in [5.41, 5.74) is 1.66. The smallest absolute Gasteiger partial charge is 0.193 e. The number of halogens is 1. The van der Waals surface area contributed by atoms with Crippen LogP contribution in [-0.4, -0.2) is 37.5 Å². The minimum atomic E-state index is 0.247. The zero-order valence-electron chi connectivity index (χ0n) is 12.0. The van der Waals surface area contributed by atoms with Gasteiger partial charge in [0.15, 0.2) is 5.96 Å². The molecule has 1 aromatic carbocycles. The van der Waals surface area contributed by atoms with Crippen LogP contribution < -0.4 is 5.32 Å². The number of hydrogen-bond donors (Lipinski definition) is 1. The van der Waals surface area contributed by atoms with E-state index in [9.17, 15) is 0 Å². The first kappa shape index (κ1) is 13.7. The molecule has 0 bridgehead atoms. The standard InChI is InChI=1S/C16H22ClN3/c1-20-11-10-18-15(20)19-12-16(8-2-3-9-16)13-4-6-14(17)7-5-13/h4-7H,2-3,8-12H2,1H3,(H,18,19). The second-order valence-electron chi connectivity index (χ2n) is 5.97. The second-order valence-corrected chi connectivity index (χ2v) is 6.41. The molecular weight excluding hydrogens is 270 g/mol. The molecule has 0 spiro atoms. The minimum Gasteiger partial charge on any atom is -0.355 e. The number of benzene rings is 1. The number of hydrogen-bond acceptors (Lipinski definition) is 3. The van der Waals surface area contributed by atoms with Gasteiger partial charge in [0.25, 0.3) is 0 Å². The Kier molecular flexibility index (Phi) is 3.88. The first-order valence-corrected chi connectivity index (χ1v) is 7.83. The average Bonchev–Trinajstić information content (AvgIpc) is 3.07. The predicted molar refractivity (Wildman–Crippen MR) is 84.5 cm³/mol. The number of nitrogens with zero attached hydrogens (tertiary/aromatic N) is 2. The molecule has 1 fully saturated rings. The lowest BCUT2D eigenvalue weighted by atomic mass is 9.79. The van der Waals surface area contributed by atoms with Crippen molar-refractivity contribution in [1.82, 2.24) is 10.2 Å². The summed E-state index contributed by atoms with van der Waals surface area (Å²) >= 11 is 6.02. The minimum absolute atomic E-state index is 0.247. The third kappa shape index (κ3) is 2.64. The van der Waals surface area contributed by atoms with Crippen LogP contribution in [0.2, 0.25) is 5.02 Å². The van der Waals surface area contributed by atoms with E-state index in [4.69, 9.17) is 11.6 Å². The van der Waals surface area contributed by atoms with E-state index in [-0.39, 0.29) is 5.41 Å². The van der Waals surface area contributed by atoms with Crippen LogP contribution in [0, 0.1) is 0 Å². The first-order valence-electron chi connectivity index (χ1n) is 7.45. The summed E-state index contributed by atoms with van der Waals surface area (Å²) in [5.74, 6) is 1.05. The summed E-state index contributed by atoms with van der Waals surface area (Å²) in [6, 6.07) is 8.40. The molecule has 0 saturated heterocycles. The van der Waals surface area contributed by atoms with Crippen LogP contribution >= 0.6 is 11.6 Å². The van der Waals surface area contributed by atoms with Crippen molar-refractivity contribution in [3.63, 3.8) is 0 Å². The molecule has 2 aliphatic rings. The van der Waals surface area contributed by atoms with Gasteiger partial charge in [-0.15, -0.1) is 0 Å². The van der Waals surface area contributed by atoms with Gasteiger partial charge in [0.2, 0.25) is 0 Å². The van der Waals surface area contributed by atoms with Crippen molar-refractivity contribution in [3.05, 3.63) is 34.9 Å². The predicted octanol–water partition coefficient (Wildman–Crippen LogP) is 3.04. The van der Waals surface area contributed by atoms with Gasteiger partial charge >= 0.3 is 0 Å². The van der Waals surface area contributed by atoms with Crippen LogP contribution in [-0.2, 0) is 5.41 Å². The summed E-state index contributed by atoms with van der Waals surface area (Å²) in [6.45, 7) is 2.90. The average molecular weight is 292 g/mol. The van der Waals surface area contributed by atoms with Crippen molar-refractivity contribution < 1.29 is 0 Å².